The Hall–Kier alpha value is -0.220. The molecule has 1 rings (SSSR count). The second-order valence-electron chi connectivity index (χ2n) is 3.59. The lowest BCUT2D eigenvalue weighted by Gasteiger charge is -2.05. The van der Waals surface area contributed by atoms with Crippen molar-refractivity contribution >= 4 is 28.2 Å². The van der Waals surface area contributed by atoms with Crippen molar-refractivity contribution in [3.8, 4) is 0 Å². The molecular formula is C11H20N2S2. The van der Waals surface area contributed by atoms with Gasteiger partial charge in [0.25, 0.3) is 0 Å². The van der Waals surface area contributed by atoms with Gasteiger partial charge in [-0.25, -0.2) is 4.98 Å². The summed E-state index contributed by atoms with van der Waals surface area (Å²) < 4.78 is 0. The third-order valence-electron chi connectivity index (χ3n) is 2.16. The second-order valence-corrected chi connectivity index (χ2v) is 6.13. The number of nitrogens with zero attached hydrogens (tertiary/aromatic N) is 1. The average molecular weight is 244 g/mol. The van der Waals surface area contributed by atoms with E-state index in [0.29, 0.717) is 0 Å². The van der Waals surface area contributed by atoms with Crippen LogP contribution in [0.15, 0.2) is 6.20 Å². The summed E-state index contributed by atoms with van der Waals surface area (Å²) in [6.45, 7) is 7.70. The molecule has 0 aromatic carbocycles. The molecule has 0 aliphatic rings. The summed E-state index contributed by atoms with van der Waals surface area (Å²) >= 11 is 3.79. The molecule has 4 heteroatoms. The highest BCUT2D eigenvalue weighted by molar-refractivity contribution is 7.99. The highest BCUT2D eigenvalue weighted by Crippen LogP contribution is 2.25. The normalized spacial score (nSPS) is 12.7. The topological polar surface area (TPSA) is 24.9 Å². The largest absolute Gasteiger partial charge is 0.362 e. The highest BCUT2D eigenvalue weighted by Gasteiger charge is 2.04. The van der Waals surface area contributed by atoms with Crippen molar-refractivity contribution < 1.29 is 0 Å². The molecule has 1 aromatic rings. The standard InChI is InChI=1S/C11H20N2S2/c1-4-6-12-11-13-7-10(15-11)8-14-9(3)5-2/h7,9H,4-6,8H2,1-3H3,(H,12,13). The van der Waals surface area contributed by atoms with Crippen LogP contribution in [0.4, 0.5) is 5.13 Å². The van der Waals surface area contributed by atoms with Gasteiger partial charge in [0, 0.05) is 28.6 Å². The van der Waals surface area contributed by atoms with Crippen molar-refractivity contribution in [1.82, 2.24) is 4.98 Å². The molecule has 1 atom stereocenters. The van der Waals surface area contributed by atoms with E-state index in [1.807, 2.05) is 18.0 Å². The Morgan fingerprint density at radius 1 is 1.53 bits per heavy atom. The monoisotopic (exact) mass is 244 g/mol. The van der Waals surface area contributed by atoms with Crippen molar-refractivity contribution in [1.29, 1.82) is 0 Å². The van der Waals surface area contributed by atoms with E-state index in [1.54, 1.807) is 11.3 Å². The van der Waals surface area contributed by atoms with Gasteiger partial charge in [-0.05, 0) is 12.8 Å². The molecule has 86 valence electrons. The van der Waals surface area contributed by atoms with Gasteiger partial charge in [0.15, 0.2) is 5.13 Å². The highest BCUT2D eigenvalue weighted by atomic mass is 32.2. The third-order valence-corrected chi connectivity index (χ3v) is 4.68. The number of nitrogens with one attached hydrogen (secondary N) is 1. The van der Waals surface area contributed by atoms with Gasteiger partial charge >= 0.3 is 0 Å². The van der Waals surface area contributed by atoms with Crippen molar-refractivity contribution in [2.45, 2.75) is 44.6 Å². The first kappa shape index (κ1) is 12.8. The van der Waals surface area contributed by atoms with Gasteiger partial charge in [-0.2, -0.15) is 11.8 Å². The maximum absolute atomic E-state index is 4.35. The van der Waals surface area contributed by atoms with Crippen molar-refractivity contribution in [3.05, 3.63) is 11.1 Å². The maximum atomic E-state index is 4.35. The van der Waals surface area contributed by atoms with Crippen molar-refractivity contribution in [2.75, 3.05) is 11.9 Å². The van der Waals surface area contributed by atoms with Gasteiger partial charge in [-0.3, -0.25) is 0 Å². The average Bonchev–Trinajstić information content (AvgIpc) is 2.71. The second kappa shape index (κ2) is 7.12. The van der Waals surface area contributed by atoms with Crippen LogP contribution in [0.3, 0.4) is 0 Å². The van der Waals surface area contributed by atoms with Crippen molar-refractivity contribution in [2.24, 2.45) is 0 Å². The van der Waals surface area contributed by atoms with E-state index >= 15 is 0 Å². The fraction of sp³-hybridized carbons (Fsp3) is 0.727. The van der Waals surface area contributed by atoms with E-state index in [4.69, 9.17) is 0 Å². The molecule has 0 saturated carbocycles. The smallest absolute Gasteiger partial charge is 0.182 e. The molecule has 0 bridgehead atoms. The molecule has 0 aliphatic carbocycles. The minimum absolute atomic E-state index is 0.749. The molecule has 1 unspecified atom stereocenters. The Labute approximate surface area is 101 Å². The Morgan fingerprint density at radius 3 is 3.00 bits per heavy atom. The molecule has 0 saturated heterocycles. The van der Waals surface area contributed by atoms with E-state index in [2.05, 4.69) is 31.1 Å². The van der Waals surface area contributed by atoms with Crippen LogP contribution in [-0.4, -0.2) is 16.8 Å². The fourth-order valence-corrected chi connectivity index (χ4v) is 2.86. The summed E-state index contributed by atoms with van der Waals surface area (Å²) in [4.78, 5) is 5.73. The summed E-state index contributed by atoms with van der Waals surface area (Å²) in [6.07, 6.45) is 4.39. The van der Waals surface area contributed by atoms with Crippen LogP contribution in [0.1, 0.15) is 38.5 Å². The van der Waals surface area contributed by atoms with Gasteiger partial charge < -0.3 is 5.32 Å². The minimum Gasteiger partial charge on any atom is -0.362 e. The third kappa shape index (κ3) is 4.89. The Kier molecular flexibility index (Phi) is 6.10. The molecule has 0 amide bonds. The summed E-state index contributed by atoms with van der Waals surface area (Å²) in [7, 11) is 0. The Balaban J connectivity index is 2.32. The minimum atomic E-state index is 0.749. The first-order chi connectivity index (χ1) is 7.26. The van der Waals surface area contributed by atoms with E-state index in [-0.39, 0.29) is 0 Å². The van der Waals surface area contributed by atoms with E-state index in [1.165, 1.54) is 11.3 Å². The Bertz CT molecular complexity index is 273. The number of thiazole rings is 1. The zero-order chi connectivity index (χ0) is 11.1. The van der Waals surface area contributed by atoms with Gasteiger partial charge in [0.2, 0.25) is 0 Å². The molecule has 0 radical (unpaired) electrons. The van der Waals surface area contributed by atoms with Crippen LogP contribution >= 0.6 is 23.1 Å². The molecule has 0 fully saturated rings. The summed E-state index contributed by atoms with van der Waals surface area (Å²) in [6, 6.07) is 0. The summed E-state index contributed by atoms with van der Waals surface area (Å²) in [5, 5.41) is 5.13. The number of hydrogen-bond acceptors (Lipinski definition) is 4. The number of aromatic nitrogens is 1. The van der Waals surface area contributed by atoms with Gasteiger partial charge in [-0.15, -0.1) is 11.3 Å². The van der Waals surface area contributed by atoms with Crippen LogP contribution in [0.2, 0.25) is 0 Å². The Morgan fingerprint density at radius 2 is 2.33 bits per heavy atom. The van der Waals surface area contributed by atoms with Crippen LogP contribution in [0, 0.1) is 0 Å². The molecule has 0 aliphatic heterocycles. The summed E-state index contributed by atoms with van der Waals surface area (Å²) in [5.74, 6) is 1.10. The lowest BCUT2D eigenvalue weighted by atomic mass is 10.4. The van der Waals surface area contributed by atoms with Gasteiger partial charge in [0.05, 0.1) is 0 Å². The first-order valence-corrected chi connectivity index (χ1v) is 7.43. The molecule has 1 heterocycles. The summed E-state index contributed by atoms with van der Waals surface area (Å²) in [5.41, 5.74) is 0. The predicted octanol–water partition coefficient (Wildman–Crippen LogP) is 4.00. The van der Waals surface area contributed by atoms with Crippen LogP contribution in [0.5, 0.6) is 0 Å². The number of rotatable bonds is 7. The van der Waals surface area contributed by atoms with Crippen LogP contribution in [0.25, 0.3) is 0 Å². The lowest BCUT2D eigenvalue weighted by Crippen LogP contribution is -1.97. The molecule has 0 spiro atoms. The van der Waals surface area contributed by atoms with Crippen LogP contribution < -0.4 is 5.32 Å². The van der Waals surface area contributed by atoms with E-state index in [0.717, 1.165) is 29.1 Å². The van der Waals surface area contributed by atoms with Gasteiger partial charge in [0.1, 0.15) is 0 Å². The lowest BCUT2D eigenvalue weighted by molar-refractivity contribution is 0.905. The van der Waals surface area contributed by atoms with E-state index in [9.17, 15) is 0 Å². The molecular weight excluding hydrogens is 224 g/mol. The maximum Gasteiger partial charge on any atom is 0.182 e. The zero-order valence-corrected chi connectivity index (χ0v) is 11.4. The molecule has 2 nitrogen and oxygen atoms in total. The molecule has 1 aromatic heterocycles. The zero-order valence-electron chi connectivity index (χ0n) is 9.75. The predicted molar refractivity (Wildman–Crippen MR) is 71.9 cm³/mol. The SMILES string of the molecule is CCCNc1ncc(CSC(C)CC)s1. The van der Waals surface area contributed by atoms with Crippen molar-refractivity contribution in [3.63, 3.8) is 0 Å². The van der Waals surface area contributed by atoms with Crippen LogP contribution in [-0.2, 0) is 5.75 Å². The quantitative estimate of drug-likeness (QED) is 0.785. The first-order valence-electron chi connectivity index (χ1n) is 5.56. The van der Waals surface area contributed by atoms with Gasteiger partial charge in [-0.1, -0.05) is 20.8 Å². The molecule has 1 N–H and O–H groups in total. The fourth-order valence-electron chi connectivity index (χ4n) is 1.03. The molecule has 15 heavy (non-hydrogen) atoms. The van der Waals surface area contributed by atoms with E-state index < -0.39 is 0 Å². The number of thioether (sulfide) groups is 1. The number of anilines is 1. The number of hydrogen-bond donors (Lipinski definition) is 1.